The van der Waals surface area contributed by atoms with Gasteiger partial charge in [-0.1, -0.05) is 0 Å². The molecule has 1 aromatic carbocycles. The van der Waals surface area contributed by atoms with Crippen molar-refractivity contribution in [2.24, 2.45) is 5.92 Å². The van der Waals surface area contributed by atoms with Crippen LogP contribution in [0.1, 0.15) is 23.2 Å². The van der Waals surface area contributed by atoms with Gasteiger partial charge in [-0.05, 0) is 37.0 Å². The summed E-state index contributed by atoms with van der Waals surface area (Å²) in [5.74, 6) is 0.0252. The van der Waals surface area contributed by atoms with E-state index in [-0.39, 0.29) is 17.2 Å². The maximum absolute atomic E-state index is 13.1. The molecule has 0 radical (unpaired) electrons. The quantitative estimate of drug-likeness (QED) is 0.840. The predicted molar refractivity (Wildman–Crippen MR) is 67.4 cm³/mol. The van der Waals surface area contributed by atoms with Crippen LogP contribution in [0.2, 0.25) is 0 Å². The number of carbonyl (C=O) groups is 1. The lowest BCUT2D eigenvalue weighted by Crippen LogP contribution is -2.38. The van der Waals surface area contributed by atoms with Crippen LogP contribution >= 0.6 is 11.6 Å². The lowest BCUT2D eigenvalue weighted by atomic mass is 9.98. The molecule has 18 heavy (non-hydrogen) atoms. The summed E-state index contributed by atoms with van der Waals surface area (Å²) in [6, 6.07) is 3.41. The van der Waals surface area contributed by atoms with E-state index in [1.54, 1.807) is 4.90 Å². The number of nitrogens with zero attached hydrogens (tertiary/aromatic N) is 1. The number of piperidine rings is 1. The molecule has 1 aromatic rings. The van der Waals surface area contributed by atoms with Gasteiger partial charge in [0.25, 0.3) is 5.91 Å². The molecular weight excluding hydrogens is 257 g/mol. The van der Waals surface area contributed by atoms with Gasteiger partial charge >= 0.3 is 0 Å². The fourth-order valence-corrected chi connectivity index (χ4v) is 2.45. The Hall–Kier alpha value is -1.29. The molecule has 0 bridgehead atoms. The van der Waals surface area contributed by atoms with Gasteiger partial charge in [0.1, 0.15) is 11.6 Å². The zero-order valence-electron chi connectivity index (χ0n) is 9.90. The number of amides is 1. The van der Waals surface area contributed by atoms with E-state index in [1.165, 1.54) is 6.07 Å². The van der Waals surface area contributed by atoms with E-state index in [4.69, 9.17) is 11.6 Å². The van der Waals surface area contributed by atoms with Gasteiger partial charge in [0.15, 0.2) is 0 Å². The third kappa shape index (κ3) is 2.75. The molecule has 1 amide bonds. The van der Waals surface area contributed by atoms with Crippen LogP contribution in [-0.4, -0.2) is 34.9 Å². The lowest BCUT2D eigenvalue weighted by Gasteiger charge is -2.31. The average Bonchev–Trinajstić information content (AvgIpc) is 2.41. The Morgan fingerprint density at radius 2 is 2.11 bits per heavy atom. The Morgan fingerprint density at radius 3 is 2.72 bits per heavy atom. The fraction of sp³-hybridized carbons (Fsp3) is 0.462. The van der Waals surface area contributed by atoms with Crippen LogP contribution in [0.4, 0.5) is 4.39 Å². The third-order valence-corrected chi connectivity index (χ3v) is 3.75. The van der Waals surface area contributed by atoms with Crippen LogP contribution in [0.15, 0.2) is 18.2 Å². The van der Waals surface area contributed by atoms with Crippen LogP contribution < -0.4 is 0 Å². The van der Waals surface area contributed by atoms with Crippen LogP contribution in [-0.2, 0) is 0 Å². The Kier molecular flexibility index (Phi) is 4.07. The normalized spacial score (nSPS) is 16.9. The molecule has 1 fully saturated rings. The number of hydrogen-bond donors (Lipinski definition) is 1. The van der Waals surface area contributed by atoms with Crippen molar-refractivity contribution in [2.45, 2.75) is 12.8 Å². The first-order chi connectivity index (χ1) is 8.61. The Morgan fingerprint density at radius 1 is 1.44 bits per heavy atom. The van der Waals surface area contributed by atoms with Crippen molar-refractivity contribution in [1.29, 1.82) is 0 Å². The highest BCUT2D eigenvalue weighted by Gasteiger charge is 2.24. The molecule has 1 aliphatic heterocycles. The highest BCUT2D eigenvalue weighted by atomic mass is 35.5. The summed E-state index contributed by atoms with van der Waals surface area (Å²) in [5, 5.41) is 9.60. The van der Waals surface area contributed by atoms with Crippen LogP contribution in [0.25, 0.3) is 0 Å². The highest BCUT2D eigenvalue weighted by molar-refractivity contribution is 6.18. The topological polar surface area (TPSA) is 40.5 Å². The van der Waals surface area contributed by atoms with Gasteiger partial charge < -0.3 is 10.0 Å². The minimum absolute atomic E-state index is 0.0272. The molecule has 2 rings (SSSR count). The first-order valence-electron chi connectivity index (χ1n) is 5.95. The van der Waals surface area contributed by atoms with E-state index in [9.17, 15) is 14.3 Å². The second kappa shape index (κ2) is 5.57. The fourth-order valence-electron chi connectivity index (χ4n) is 2.14. The largest absolute Gasteiger partial charge is 0.507 e. The van der Waals surface area contributed by atoms with E-state index in [1.807, 2.05) is 0 Å². The number of likely N-dealkylation sites (tertiary alicyclic amines) is 1. The summed E-state index contributed by atoms with van der Waals surface area (Å²) in [4.78, 5) is 13.8. The number of rotatable bonds is 2. The van der Waals surface area contributed by atoms with Crippen LogP contribution in [0.3, 0.4) is 0 Å². The minimum atomic E-state index is -0.521. The van der Waals surface area contributed by atoms with Crippen LogP contribution in [0, 0.1) is 11.7 Å². The van der Waals surface area contributed by atoms with Crippen molar-refractivity contribution < 1.29 is 14.3 Å². The molecule has 0 unspecified atom stereocenters. The van der Waals surface area contributed by atoms with Gasteiger partial charge in [0.05, 0.1) is 5.56 Å². The Labute approximate surface area is 110 Å². The number of phenols is 1. The second-order valence-corrected chi connectivity index (χ2v) is 4.86. The number of halogens is 2. The van der Waals surface area contributed by atoms with Crippen molar-refractivity contribution >= 4 is 17.5 Å². The number of hydrogen-bond acceptors (Lipinski definition) is 2. The first kappa shape index (κ1) is 13.1. The predicted octanol–water partition coefficient (Wildman–Crippen LogP) is 2.62. The molecule has 1 aliphatic rings. The Balaban J connectivity index is 2.10. The standard InChI is InChI=1S/C13H15ClFNO2/c14-8-9-3-5-16(6-4-9)13(18)11-7-10(15)1-2-12(11)17/h1-2,7,9,17H,3-6,8H2. The Bertz CT molecular complexity index is 445. The highest BCUT2D eigenvalue weighted by Crippen LogP contribution is 2.24. The first-order valence-corrected chi connectivity index (χ1v) is 6.49. The molecule has 3 nitrogen and oxygen atoms in total. The third-order valence-electron chi connectivity index (χ3n) is 3.31. The second-order valence-electron chi connectivity index (χ2n) is 4.55. The van der Waals surface area contributed by atoms with Gasteiger partial charge in [-0.3, -0.25) is 4.79 Å². The molecule has 5 heteroatoms. The summed E-state index contributed by atoms with van der Waals surface area (Å²) in [6.07, 6.45) is 1.70. The zero-order chi connectivity index (χ0) is 13.1. The summed E-state index contributed by atoms with van der Waals surface area (Å²) >= 11 is 5.78. The van der Waals surface area contributed by atoms with Crippen molar-refractivity contribution in [3.63, 3.8) is 0 Å². The molecular formula is C13H15ClFNO2. The van der Waals surface area contributed by atoms with Gasteiger partial charge in [-0.25, -0.2) is 4.39 Å². The molecule has 0 atom stereocenters. The smallest absolute Gasteiger partial charge is 0.257 e. The van der Waals surface area contributed by atoms with E-state index in [0.29, 0.717) is 24.9 Å². The number of benzene rings is 1. The molecule has 1 heterocycles. The summed E-state index contributed by atoms with van der Waals surface area (Å²) in [7, 11) is 0. The number of carbonyl (C=O) groups excluding carboxylic acids is 1. The van der Waals surface area contributed by atoms with Gasteiger partial charge in [0, 0.05) is 19.0 Å². The maximum atomic E-state index is 13.1. The molecule has 0 aromatic heterocycles. The molecule has 0 aliphatic carbocycles. The molecule has 1 N–H and O–H groups in total. The van der Waals surface area contributed by atoms with Crippen molar-refractivity contribution in [2.75, 3.05) is 19.0 Å². The molecule has 0 saturated carbocycles. The van der Waals surface area contributed by atoms with E-state index < -0.39 is 5.82 Å². The van der Waals surface area contributed by atoms with Gasteiger partial charge in [-0.15, -0.1) is 11.6 Å². The van der Waals surface area contributed by atoms with E-state index in [0.717, 1.165) is 25.0 Å². The monoisotopic (exact) mass is 271 g/mol. The molecule has 0 spiro atoms. The zero-order valence-corrected chi connectivity index (χ0v) is 10.7. The van der Waals surface area contributed by atoms with Crippen LogP contribution in [0.5, 0.6) is 5.75 Å². The van der Waals surface area contributed by atoms with Crippen molar-refractivity contribution in [3.8, 4) is 5.75 Å². The minimum Gasteiger partial charge on any atom is -0.507 e. The summed E-state index contributed by atoms with van der Waals surface area (Å²) in [5.41, 5.74) is 0.0272. The molecule has 1 saturated heterocycles. The van der Waals surface area contributed by atoms with E-state index in [2.05, 4.69) is 0 Å². The van der Waals surface area contributed by atoms with Crippen molar-refractivity contribution in [1.82, 2.24) is 4.90 Å². The van der Waals surface area contributed by atoms with Gasteiger partial charge in [-0.2, -0.15) is 0 Å². The lowest BCUT2D eigenvalue weighted by molar-refractivity contribution is 0.0694. The van der Waals surface area contributed by atoms with Gasteiger partial charge in [0.2, 0.25) is 0 Å². The maximum Gasteiger partial charge on any atom is 0.257 e. The molecule has 98 valence electrons. The number of alkyl halides is 1. The summed E-state index contributed by atoms with van der Waals surface area (Å²) in [6.45, 7) is 1.21. The van der Waals surface area contributed by atoms with Crippen molar-refractivity contribution in [3.05, 3.63) is 29.6 Å². The van der Waals surface area contributed by atoms with E-state index >= 15 is 0 Å². The summed E-state index contributed by atoms with van der Waals surface area (Å²) < 4.78 is 13.1. The number of phenolic OH excluding ortho intramolecular Hbond substituents is 1. The number of aromatic hydroxyl groups is 1. The average molecular weight is 272 g/mol. The SMILES string of the molecule is O=C(c1cc(F)ccc1O)N1CCC(CCl)CC1.